The Morgan fingerprint density at radius 2 is 2.19 bits per heavy atom. The van der Waals surface area contributed by atoms with Gasteiger partial charge in [0, 0.05) is 5.92 Å². The highest BCUT2D eigenvalue weighted by atomic mass is 19.1. The van der Waals surface area contributed by atoms with Crippen molar-refractivity contribution in [1.82, 2.24) is 9.97 Å². The van der Waals surface area contributed by atoms with Crippen LogP contribution in [0.1, 0.15) is 24.5 Å². The Kier molecular flexibility index (Phi) is 3.35. The summed E-state index contributed by atoms with van der Waals surface area (Å²) in [7, 11) is -1.69. The number of nitrogens with zero attached hydrogens (tertiary/aromatic N) is 2. The molecule has 0 unspecified atom stereocenters. The highest BCUT2D eigenvalue weighted by Gasteiger charge is 2.33. The van der Waals surface area contributed by atoms with E-state index < -0.39 is 13.8 Å². The van der Waals surface area contributed by atoms with Crippen LogP contribution in [0.15, 0.2) is 6.33 Å². The minimum absolute atomic E-state index is 0.0598. The molecule has 0 atom stereocenters. The van der Waals surface area contributed by atoms with Gasteiger partial charge in [0.15, 0.2) is 0 Å². The first-order valence-corrected chi connectivity index (χ1v) is 5.13. The Labute approximate surface area is 92.4 Å². The van der Waals surface area contributed by atoms with Crippen LogP contribution in [0.5, 0.6) is 5.88 Å². The number of hydrogen-bond donors (Lipinski definition) is 2. The van der Waals surface area contributed by atoms with Gasteiger partial charge in [-0.2, -0.15) is 0 Å². The maximum absolute atomic E-state index is 12.0. The maximum Gasteiger partial charge on any atom is 0.495 e. The molecule has 1 saturated carbocycles. The lowest BCUT2D eigenvalue weighted by molar-refractivity contribution is 0.264. The van der Waals surface area contributed by atoms with Gasteiger partial charge in [-0.3, -0.25) is 0 Å². The fraction of sp³-hybridized carbons (Fsp3) is 0.556. The van der Waals surface area contributed by atoms with Gasteiger partial charge in [0.2, 0.25) is 5.88 Å². The van der Waals surface area contributed by atoms with E-state index in [1.54, 1.807) is 0 Å². The smallest absolute Gasteiger partial charge is 0.475 e. The first-order valence-electron chi connectivity index (χ1n) is 5.13. The molecule has 0 saturated heterocycles. The summed E-state index contributed by atoms with van der Waals surface area (Å²) >= 11 is 0. The van der Waals surface area contributed by atoms with Crippen molar-refractivity contribution in [3.05, 3.63) is 12.0 Å². The Morgan fingerprint density at radius 3 is 2.75 bits per heavy atom. The molecule has 1 aromatic rings. The summed E-state index contributed by atoms with van der Waals surface area (Å²) in [6.07, 6.45) is 3.24. The van der Waals surface area contributed by atoms with Gasteiger partial charge < -0.3 is 14.8 Å². The van der Waals surface area contributed by atoms with E-state index in [0.717, 1.165) is 12.8 Å². The van der Waals surface area contributed by atoms with Gasteiger partial charge in [-0.1, -0.05) is 0 Å². The van der Waals surface area contributed by atoms with Crippen LogP contribution in [0, 0.1) is 0 Å². The van der Waals surface area contributed by atoms with Crippen LogP contribution in [0.4, 0.5) is 4.39 Å². The van der Waals surface area contributed by atoms with E-state index in [1.165, 1.54) is 6.33 Å². The predicted octanol–water partition coefficient (Wildman–Crippen LogP) is -0.618. The molecule has 1 aromatic heterocycles. The van der Waals surface area contributed by atoms with Crippen molar-refractivity contribution >= 4 is 12.6 Å². The second-order valence-electron chi connectivity index (χ2n) is 3.66. The second-order valence-corrected chi connectivity index (χ2v) is 3.66. The lowest BCUT2D eigenvalue weighted by atomic mass is 9.78. The molecule has 0 amide bonds. The summed E-state index contributed by atoms with van der Waals surface area (Å²) in [5.74, 6) is 0.303. The average molecular weight is 226 g/mol. The molecule has 0 spiro atoms. The topological polar surface area (TPSA) is 75.5 Å². The molecule has 0 aliphatic heterocycles. The van der Waals surface area contributed by atoms with Crippen LogP contribution >= 0.6 is 0 Å². The van der Waals surface area contributed by atoms with Crippen LogP contribution < -0.4 is 10.2 Å². The lowest BCUT2D eigenvalue weighted by Gasteiger charge is -2.11. The highest BCUT2D eigenvalue weighted by Crippen LogP contribution is 2.38. The second kappa shape index (κ2) is 4.75. The molecule has 0 aromatic carbocycles. The fourth-order valence-corrected chi connectivity index (χ4v) is 1.57. The SMILES string of the molecule is OB(O)c1c(OCCF)ncnc1C1CC1. The van der Waals surface area contributed by atoms with Crippen molar-refractivity contribution < 1.29 is 19.2 Å². The van der Waals surface area contributed by atoms with Gasteiger partial charge in [0.25, 0.3) is 0 Å². The van der Waals surface area contributed by atoms with E-state index in [1.807, 2.05) is 0 Å². The molecule has 1 fully saturated rings. The minimum Gasteiger partial charge on any atom is -0.475 e. The van der Waals surface area contributed by atoms with Crippen molar-refractivity contribution in [1.29, 1.82) is 0 Å². The molecule has 0 bridgehead atoms. The highest BCUT2D eigenvalue weighted by molar-refractivity contribution is 6.60. The molecule has 7 heteroatoms. The zero-order valence-electron chi connectivity index (χ0n) is 8.64. The normalized spacial score (nSPS) is 14.9. The molecule has 2 rings (SSSR count). The predicted molar refractivity (Wildman–Crippen MR) is 55.3 cm³/mol. The van der Waals surface area contributed by atoms with Crippen LogP contribution in [0.2, 0.25) is 0 Å². The van der Waals surface area contributed by atoms with E-state index in [4.69, 9.17) is 4.74 Å². The molecular weight excluding hydrogens is 214 g/mol. The monoisotopic (exact) mass is 226 g/mol. The van der Waals surface area contributed by atoms with Crippen LogP contribution in [0.25, 0.3) is 0 Å². The van der Waals surface area contributed by atoms with Gasteiger partial charge in [0.05, 0.1) is 11.2 Å². The maximum atomic E-state index is 12.0. The summed E-state index contributed by atoms with van der Waals surface area (Å²) in [5, 5.41) is 18.5. The standard InChI is InChI=1S/C9H12BFN2O3/c11-3-4-16-9-7(10(14)15)8(6-1-2-6)12-5-13-9/h5-6,14-15H,1-4H2. The number of rotatable bonds is 5. The summed E-state index contributed by atoms with van der Waals surface area (Å²) in [4.78, 5) is 7.81. The molecule has 1 heterocycles. The molecule has 16 heavy (non-hydrogen) atoms. The Hall–Kier alpha value is -1.21. The van der Waals surface area contributed by atoms with Gasteiger partial charge in [-0.05, 0) is 12.8 Å². The minimum atomic E-state index is -1.69. The number of hydrogen-bond acceptors (Lipinski definition) is 5. The molecular formula is C9H12BFN2O3. The number of halogens is 1. The van der Waals surface area contributed by atoms with E-state index >= 15 is 0 Å². The van der Waals surface area contributed by atoms with Gasteiger partial charge in [-0.15, -0.1) is 0 Å². The molecule has 1 aliphatic rings. The molecule has 5 nitrogen and oxygen atoms in total. The Bertz CT molecular complexity index is 374. The third-order valence-corrected chi connectivity index (χ3v) is 2.42. The van der Waals surface area contributed by atoms with Crippen molar-refractivity contribution in [3.8, 4) is 5.88 Å². The number of alkyl halides is 1. The van der Waals surface area contributed by atoms with Crippen LogP contribution in [0.3, 0.4) is 0 Å². The third-order valence-electron chi connectivity index (χ3n) is 2.42. The van der Waals surface area contributed by atoms with Crippen molar-refractivity contribution in [2.75, 3.05) is 13.3 Å². The zero-order chi connectivity index (χ0) is 11.5. The first kappa shape index (κ1) is 11.3. The molecule has 86 valence electrons. The van der Waals surface area contributed by atoms with Crippen molar-refractivity contribution in [2.24, 2.45) is 0 Å². The zero-order valence-corrected chi connectivity index (χ0v) is 8.64. The molecule has 0 radical (unpaired) electrons. The van der Waals surface area contributed by atoms with E-state index in [2.05, 4.69) is 9.97 Å². The van der Waals surface area contributed by atoms with Crippen molar-refractivity contribution in [3.63, 3.8) is 0 Å². The van der Waals surface area contributed by atoms with Gasteiger partial charge >= 0.3 is 7.12 Å². The summed E-state index contributed by atoms with van der Waals surface area (Å²) in [6.45, 7) is -0.801. The quantitative estimate of drug-likeness (QED) is 0.654. The fourth-order valence-electron chi connectivity index (χ4n) is 1.57. The summed E-state index contributed by atoms with van der Waals surface area (Å²) in [5.41, 5.74) is 0.761. The third kappa shape index (κ3) is 2.30. The van der Waals surface area contributed by atoms with Crippen molar-refractivity contribution in [2.45, 2.75) is 18.8 Å². The van der Waals surface area contributed by atoms with E-state index in [9.17, 15) is 14.4 Å². The lowest BCUT2D eigenvalue weighted by Crippen LogP contribution is -2.36. The van der Waals surface area contributed by atoms with Crippen LogP contribution in [-0.2, 0) is 0 Å². The van der Waals surface area contributed by atoms with E-state index in [0.29, 0.717) is 5.69 Å². The van der Waals surface area contributed by atoms with Gasteiger partial charge in [0.1, 0.15) is 19.6 Å². The number of aromatic nitrogens is 2. The Morgan fingerprint density at radius 1 is 1.44 bits per heavy atom. The summed E-state index contributed by atoms with van der Waals surface area (Å²) in [6, 6.07) is 0. The van der Waals surface area contributed by atoms with Gasteiger partial charge in [-0.25, -0.2) is 14.4 Å². The van der Waals surface area contributed by atoms with E-state index in [-0.39, 0.29) is 23.9 Å². The largest absolute Gasteiger partial charge is 0.495 e. The Balaban J connectivity index is 2.30. The number of ether oxygens (including phenoxy) is 1. The summed E-state index contributed by atoms with van der Waals surface area (Å²) < 4.78 is 17.0. The molecule has 2 N–H and O–H groups in total. The van der Waals surface area contributed by atoms with Crippen LogP contribution in [-0.4, -0.2) is 40.4 Å². The average Bonchev–Trinajstić information content (AvgIpc) is 3.09. The first-order chi connectivity index (χ1) is 7.74. The molecule has 1 aliphatic carbocycles.